The lowest BCUT2D eigenvalue weighted by molar-refractivity contribution is 0.281. The molecule has 0 aromatic carbocycles. The van der Waals surface area contributed by atoms with Gasteiger partial charge in [-0.15, -0.1) is 6.42 Å². The fraction of sp³-hybridized carbons (Fsp3) is 0.417. The Morgan fingerprint density at radius 2 is 2.27 bits per heavy atom. The van der Waals surface area contributed by atoms with Crippen molar-refractivity contribution < 1.29 is 5.11 Å². The smallest absolute Gasteiger partial charge is 0.129 e. The van der Waals surface area contributed by atoms with Crippen molar-refractivity contribution in [3.63, 3.8) is 0 Å². The summed E-state index contributed by atoms with van der Waals surface area (Å²) in [6.07, 6.45) is 6.09. The van der Waals surface area contributed by atoms with Crippen LogP contribution < -0.4 is 4.90 Å². The molecule has 15 heavy (non-hydrogen) atoms. The molecule has 0 spiro atoms. The van der Waals surface area contributed by atoms with Gasteiger partial charge in [0.1, 0.15) is 5.82 Å². The molecule has 0 atom stereocenters. The predicted octanol–water partition coefficient (Wildman–Crippen LogP) is 1.21. The second-order valence-electron chi connectivity index (χ2n) is 3.40. The zero-order chi connectivity index (χ0) is 11.3. The molecule has 1 aromatic heterocycles. The highest BCUT2D eigenvalue weighted by molar-refractivity contribution is 5.43. The molecule has 0 amide bonds. The molecular formula is C12H16N2O. The van der Waals surface area contributed by atoms with Crippen molar-refractivity contribution >= 4 is 5.82 Å². The third-order valence-corrected chi connectivity index (χ3v) is 2.19. The van der Waals surface area contributed by atoms with Gasteiger partial charge < -0.3 is 10.0 Å². The lowest BCUT2D eigenvalue weighted by Gasteiger charge is -2.16. The first-order chi connectivity index (χ1) is 7.21. The highest BCUT2D eigenvalue weighted by Crippen LogP contribution is 2.14. The second-order valence-corrected chi connectivity index (χ2v) is 3.40. The van der Waals surface area contributed by atoms with Gasteiger partial charge in [-0.05, 0) is 24.1 Å². The molecule has 0 fully saturated rings. The molecule has 0 saturated carbocycles. The van der Waals surface area contributed by atoms with E-state index in [4.69, 9.17) is 11.5 Å². The van der Waals surface area contributed by atoms with E-state index in [0.29, 0.717) is 6.54 Å². The summed E-state index contributed by atoms with van der Waals surface area (Å²) in [7, 11) is 1.89. The lowest BCUT2D eigenvalue weighted by Crippen LogP contribution is -2.19. The largest absolute Gasteiger partial charge is 0.392 e. The summed E-state index contributed by atoms with van der Waals surface area (Å²) in [5.41, 5.74) is 1.85. The minimum atomic E-state index is 0.0341. The summed E-state index contributed by atoms with van der Waals surface area (Å²) in [6, 6.07) is 3.77. The van der Waals surface area contributed by atoms with Crippen LogP contribution >= 0.6 is 0 Å². The van der Waals surface area contributed by atoms with Crippen LogP contribution in [-0.2, 0) is 13.0 Å². The van der Waals surface area contributed by atoms with Gasteiger partial charge in [-0.2, -0.15) is 0 Å². The number of pyridine rings is 1. The summed E-state index contributed by atoms with van der Waals surface area (Å²) in [4.78, 5) is 6.32. The van der Waals surface area contributed by atoms with Crippen LogP contribution in [0, 0.1) is 12.3 Å². The number of rotatable bonds is 4. The van der Waals surface area contributed by atoms with E-state index in [1.165, 1.54) is 0 Å². The molecule has 0 radical (unpaired) electrons. The normalized spacial score (nSPS) is 9.73. The molecule has 0 saturated heterocycles. The van der Waals surface area contributed by atoms with E-state index in [1.54, 1.807) is 0 Å². The van der Waals surface area contributed by atoms with Crippen molar-refractivity contribution in [2.24, 2.45) is 0 Å². The van der Waals surface area contributed by atoms with Gasteiger partial charge in [-0.3, -0.25) is 0 Å². The number of hydrogen-bond donors (Lipinski definition) is 1. The maximum atomic E-state index is 9.11. The number of aromatic nitrogens is 1. The second kappa shape index (κ2) is 5.38. The average molecular weight is 204 g/mol. The van der Waals surface area contributed by atoms with Crippen LogP contribution in [0.2, 0.25) is 0 Å². The van der Waals surface area contributed by atoms with E-state index >= 15 is 0 Å². The molecule has 80 valence electrons. The summed E-state index contributed by atoms with van der Waals surface area (Å²) in [5, 5.41) is 9.11. The van der Waals surface area contributed by atoms with Crippen molar-refractivity contribution in [3.05, 3.63) is 23.4 Å². The Bertz CT molecular complexity index is 346. The summed E-state index contributed by atoms with van der Waals surface area (Å²) < 4.78 is 0. The first kappa shape index (κ1) is 11.5. The fourth-order valence-corrected chi connectivity index (χ4v) is 1.32. The number of terminal acetylenes is 1. The van der Waals surface area contributed by atoms with Crippen LogP contribution in [0.5, 0.6) is 0 Å². The number of aliphatic hydroxyl groups is 1. The van der Waals surface area contributed by atoms with E-state index < -0.39 is 0 Å². The van der Waals surface area contributed by atoms with Crippen molar-refractivity contribution in [3.8, 4) is 12.3 Å². The van der Waals surface area contributed by atoms with Gasteiger partial charge in [0.2, 0.25) is 0 Å². The molecule has 3 heteroatoms. The number of aliphatic hydroxyl groups excluding tert-OH is 1. The quantitative estimate of drug-likeness (QED) is 0.749. The molecule has 0 unspecified atom stereocenters. The minimum Gasteiger partial charge on any atom is -0.392 e. The van der Waals surface area contributed by atoms with Crippen molar-refractivity contribution in [2.75, 3.05) is 18.5 Å². The van der Waals surface area contributed by atoms with Crippen LogP contribution in [0.1, 0.15) is 18.2 Å². The van der Waals surface area contributed by atoms with E-state index in [0.717, 1.165) is 23.5 Å². The van der Waals surface area contributed by atoms with Gasteiger partial charge in [0.25, 0.3) is 0 Å². The third-order valence-electron chi connectivity index (χ3n) is 2.19. The maximum Gasteiger partial charge on any atom is 0.129 e. The Labute approximate surface area is 90.8 Å². The zero-order valence-corrected chi connectivity index (χ0v) is 9.20. The van der Waals surface area contributed by atoms with E-state index in [1.807, 2.05) is 31.0 Å². The van der Waals surface area contributed by atoms with E-state index in [9.17, 15) is 0 Å². The third kappa shape index (κ3) is 2.97. The van der Waals surface area contributed by atoms with Gasteiger partial charge in [-0.1, -0.05) is 12.8 Å². The maximum absolute atomic E-state index is 9.11. The first-order valence-electron chi connectivity index (χ1n) is 4.96. The Balaban J connectivity index is 3.01. The van der Waals surface area contributed by atoms with Crippen LogP contribution in [0.15, 0.2) is 12.1 Å². The number of anilines is 1. The number of hydrogen-bond acceptors (Lipinski definition) is 3. The van der Waals surface area contributed by atoms with E-state index in [2.05, 4.69) is 10.9 Å². The molecule has 1 aromatic rings. The molecule has 0 aliphatic heterocycles. The monoisotopic (exact) mass is 204 g/mol. The lowest BCUT2D eigenvalue weighted by atomic mass is 10.2. The van der Waals surface area contributed by atoms with Gasteiger partial charge in [0, 0.05) is 12.7 Å². The van der Waals surface area contributed by atoms with Gasteiger partial charge in [-0.25, -0.2) is 4.98 Å². The standard InChI is InChI=1S/C12H16N2O/c1-4-6-14(3)12-8-10(9-15)7-11(5-2)13-12/h1,7-8,15H,5-6,9H2,2-3H3. The predicted molar refractivity (Wildman–Crippen MR) is 61.6 cm³/mol. The average Bonchev–Trinajstić information content (AvgIpc) is 2.28. The molecule has 0 aliphatic rings. The molecule has 1 N–H and O–H groups in total. The highest BCUT2D eigenvalue weighted by Gasteiger charge is 2.04. The van der Waals surface area contributed by atoms with Crippen molar-refractivity contribution in [1.82, 2.24) is 4.98 Å². The minimum absolute atomic E-state index is 0.0341. The Morgan fingerprint density at radius 1 is 1.53 bits per heavy atom. The van der Waals surface area contributed by atoms with Crippen LogP contribution in [0.3, 0.4) is 0 Å². The summed E-state index contributed by atoms with van der Waals surface area (Å²) in [6.45, 7) is 2.59. The summed E-state index contributed by atoms with van der Waals surface area (Å²) in [5.74, 6) is 3.38. The first-order valence-corrected chi connectivity index (χ1v) is 4.96. The molecule has 1 rings (SSSR count). The van der Waals surface area contributed by atoms with Crippen LogP contribution in [0.25, 0.3) is 0 Å². The van der Waals surface area contributed by atoms with E-state index in [-0.39, 0.29) is 6.61 Å². The SMILES string of the molecule is C#CCN(C)c1cc(CO)cc(CC)n1. The molecule has 0 bridgehead atoms. The fourth-order valence-electron chi connectivity index (χ4n) is 1.32. The molecular weight excluding hydrogens is 188 g/mol. The van der Waals surface area contributed by atoms with Gasteiger partial charge >= 0.3 is 0 Å². The Hall–Kier alpha value is -1.53. The highest BCUT2D eigenvalue weighted by atomic mass is 16.3. The molecule has 1 heterocycles. The zero-order valence-electron chi connectivity index (χ0n) is 9.20. The molecule has 0 aliphatic carbocycles. The topological polar surface area (TPSA) is 36.4 Å². The summed E-state index contributed by atoms with van der Waals surface area (Å²) >= 11 is 0. The van der Waals surface area contributed by atoms with Crippen LogP contribution in [-0.4, -0.2) is 23.7 Å². The Kier molecular flexibility index (Phi) is 4.14. The van der Waals surface area contributed by atoms with Crippen LogP contribution in [0.4, 0.5) is 5.82 Å². The Morgan fingerprint density at radius 3 is 2.80 bits per heavy atom. The molecule has 3 nitrogen and oxygen atoms in total. The van der Waals surface area contributed by atoms with Crippen molar-refractivity contribution in [2.45, 2.75) is 20.0 Å². The van der Waals surface area contributed by atoms with Crippen molar-refractivity contribution in [1.29, 1.82) is 0 Å². The number of aryl methyl sites for hydroxylation is 1. The number of nitrogens with zero attached hydrogens (tertiary/aromatic N) is 2. The van der Waals surface area contributed by atoms with Gasteiger partial charge in [0.15, 0.2) is 0 Å². The van der Waals surface area contributed by atoms with Gasteiger partial charge in [0.05, 0.1) is 13.2 Å².